The van der Waals surface area contributed by atoms with Crippen LogP contribution in [0.25, 0.3) is 0 Å². The monoisotopic (exact) mass is 380 g/mol. The fourth-order valence-corrected chi connectivity index (χ4v) is 1.63. The van der Waals surface area contributed by atoms with Crippen LogP contribution in [0.4, 0.5) is 0 Å². The summed E-state index contributed by atoms with van der Waals surface area (Å²) in [6.07, 6.45) is -2.32. The fraction of sp³-hybridized carbons (Fsp3) is 0.231. The minimum Gasteiger partial charge on any atom is -1.00 e. The van der Waals surface area contributed by atoms with E-state index in [4.69, 9.17) is 20.1 Å². The summed E-state index contributed by atoms with van der Waals surface area (Å²) in [5.41, 5.74) is -2.68. The molecule has 0 bridgehead atoms. The second-order valence-corrected chi connectivity index (χ2v) is 4.20. The van der Waals surface area contributed by atoms with Gasteiger partial charge in [-0.25, -0.2) is 9.59 Å². The maximum absolute atomic E-state index is 11.9. The average Bonchev–Trinajstić information content (AvgIpc) is 2.37. The molecule has 0 atom stereocenters. The Morgan fingerprint density at radius 2 is 1.33 bits per heavy atom. The summed E-state index contributed by atoms with van der Waals surface area (Å²) in [6, 6.07) is 7.25. The molecule has 0 spiro atoms. The number of esters is 1. The molecule has 1 rings (SSSR count). The standard InChI is InChI=1S/C13H12O8.ClH.2Na.2H/c14-9(15)6-13(12(19)20,7-10(16)17)21-11(18)8-4-2-1-3-5-8;;;;;/h1-5H,6-7H2,(H,14,15)(H,16,17)(H,19,20);1H;;;;/q;;2*+1;2*-1. The number of aliphatic carboxylic acids is 3. The van der Waals surface area contributed by atoms with Gasteiger partial charge in [0.05, 0.1) is 18.4 Å². The first-order chi connectivity index (χ1) is 9.77. The predicted octanol–water partition coefficient (Wildman–Crippen LogP) is -4.73. The van der Waals surface area contributed by atoms with Crippen molar-refractivity contribution in [3.05, 3.63) is 35.9 Å². The number of benzene rings is 1. The Kier molecular flexibility index (Phi) is 14.9. The summed E-state index contributed by atoms with van der Waals surface area (Å²) in [5, 5.41) is 26.6. The number of hydrogen-bond acceptors (Lipinski definition) is 5. The smallest absolute Gasteiger partial charge is 1.00 e. The zero-order chi connectivity index (χ0) is 16.0. The van der Waals surface area contributed by atoms with E-state index in [-0.39, 0.29) is 79.9 Å². The number of carbonyl (C=O) groups excluding carboxylic acids is 1. The van der Waals surface area contributed by atoms with Crippen molar-refractivity contribution in [2.45, 2.75) is 18.4 Å². The normalized spacial score (nSPS) is 9.33. The van der Waals surface area contributed by atoms with Crippen LogP contribution >= 0.6 is 12.4 Å². The number of halogens is 1. The van der Waals surface area contributed by atoms with Crippen LogP contribution in [0.1, 0.15) is 26.1 Å². The first-order valence-corrected chi connectivity index (χ1v) is 5.72. The van der Waals surface area contributed by atoms with Gasteiger partial charge in [0, 0.05) is 0 Å². The van der Waals surface area contributed by atoms with Gasteiger partial charge in [-0.05, 0) is 12.1 Å². The van der Waals surface area contributed by atoms with Gasteiger partial charge in [0.2, 0.25) is 5.60 Å². The van der Waals surface area contributed by atoms with E-state index in [2.05, 4.69) is 0 Å². The molecule has 3 N–H and O–H groups in total. The summed E-state index contributed by atoms with van der Waals surface area (Å²) >= 11 is 0. The number of rotatable bonds is 7. The van der Waals surface area contributed by atoms with E-state index in [0.717, 1.165) is 0 Å². The molecule has 0 unspecified atom stereocenters. The maximum atomic E-state index is 11.9. The molecule has 1 aromatic carbocycles. The molecule has 0 aromatic heterocycles. The quantitative estimate of drug-likeness (QED) is 0.317. The van der Waals surface area contributed by atoms with E-state index in [1.807, 2.05) is 0 Å². The molecular formula is C13H15ClNa2O8. The SMILES string of the molecule is Cl.O=C(O)CC(CC(=O)O)(OC(=O)c1ccccc1)C(=O)O.[H-].[H-].[Na+].[Na+]. The Balaban J connectivity index is -0.000000294. The Labute approximate surface area is 190 Å². The molecule has 0 saturated heterocycles. The summed E-state index contributed by atoms with van der Waals surface area (Å²) < 4.78 is 4.71. The van der Waals surface area contributed by atoms with Crippen LogP contribution in [0.2, 0.25) is 0 Å². The molecule has 0 aliphatic rings. The molecule has 11 heteroatoms. The number of ether oxygens (including phenoxy) is 1. The molecule has 1 aromatic rings. The van der Waals surface area contributed by atoms with Crippen molar-refractivity contribution >= 4 is 36.3 Å². The molecule has 0 aliphatic heterocycles. The van der Waals surface area contributed by atoms with Crippen molar-refractivity contribution in [3.63, 3.8) is 0 Å². The third-order valence-electron chi connectivity index (χ3n) is 2.56. The topological polar surface area (TPSA) is 138 Å². The second kappa shape index (κ2) is 12.7. The van der Waals surface area contributed by atoms with Crippen molar-refractivity contribution in [3.8, 4) is 0 Å². The summed E-state index contributed by atoms with van der Waals surface area (Å²) in [7, 11) is 0. The van der Waals surface area contributed by atoms with Gasteiger partial charge in [0.1, 0.15) is 0 Å². The van der Waals surface area contributed by atoms with Crippen LogP contribution in [0.5, 0.6) is 0 Å². The van der Waals surface area contributed by atoms with Crippen LogP contribution in [0, 0.1) is 0 Å². The summed E-state index contributed by atoms with van der Waals surface area (Å²) in [4.78, 5) is 44.7. The minimum atomic E-state index is -2.66. The number of carbonyl (C=O) groups is 4. The van der Waals surface area contributed by atoms with E-state index < -0.39 is 42.3 Å². The Morgan fingerprint density at radius 3 is 1.67 bits per heavy atom. The predicted molar refractivity (Wildman–Crippen MR) is 76.2 cm³/mol. The largest absolute Gasteiger partial charge is 1.00 e. The van der Waals surface area contributed by atoms with Gasteiger partial charge in [0.25, 0.3) is 0 Å². The van der Waals surface area contributed by atoms with Crippen molar-refractivity contribution < 1.29 is 101 Å². The summed E-state index contributed by atoms with van der Waals surface area (Å²) in [6.45, 7) is 0. The molecule has 0 radical (unpaired) electrons. The molecule has 0 aliphatic carbocycles. The molecule has 0 heterocycles. The molecule has 0 fully saturated rings. The second-order valence-electron chi connectivity index (χ2n) is 4.20. The van der Waals surface area contributed by atoms with Crippen LogP contribution in [-0.4, -0.2) is 44.8 Å². The molecule has 124 valence electrons. The van der Waals surface area contributed by atoms with Crippen LogP contribution in [-0.2, 0) is 19.1 Å². The van der Waals surface area contributed by atoms with E-state index in [9.17, 15) is 19.2 Å². The van der Waals surface area contributed by atoms with Crippen LogP contribution in [0.15, 0.2) is 30.3 Å². The van der Waals surface area contributed by atoms with E-state index in [1.54, 1.807) is 6.07 Å². The molecule has 0 amide bonds. The van der Waals surface area contributed by atoms with Crippen molar-refractivity contribution in [1.29, 1.82) is 0 Å². The molecular weight excluding hydrogens is 366 g/mol. The maximum Gasteiger partial charge on any atom is 1.00 e. The van der Waals surface area contributed by atoms with Crippen LogP contribution in [0.3, 0.4) is 0 Å². The Hall–Kier alpha value is -0.610. The van der Waals surface area contributed by atoms with Gasteiger partial charge in [-0.3, -0.25) is 9.59 Å². The van der Waals surface area contributed by atoms with Crippen molar-refractivity contribution in [2.24, 2.45) is 0 Å². The van der Waals surface area contributed by atoms with Gasteiger partial charge >= 0.3 is 83.0 Å². The van der Waals surface area contributed by atoms with Gasteiger partial charge in [-0.15, -0.1) is 12.4 Å². The summed E-state index contributed by atoms with van der Waals surface area (Å²) in [5.74, 6) is -6.14. The Bertz CT molecular complexity index is 573. The number of carboxylic acid groups (broad SMARTS) is 3. The number of carboxylic acids is 3. The molecule has 8 nitrogen and oxygen atoms in total. The Morgan fingerprint density at radius 1 is 0.917 bits per heavy atom. The zero-order valence-corrected chi connectivity index (χ0v) is 17.9. The fourth-order valence-electron chi connectivity index (χ4n) is 1.63. The van der Waals surface area contributed by atoms with E-state index >= 15 is 0 Å². The third-order valence-corrected chi connectivity index (χ3v) is 2.56. The van der Waals surface area contributed by atoms with Crippen molar-refractivity contribution in [1.82, 2.24) is 0 Å². The van der Waals surface area contributed by atoms with Crippen LogP contribution < -0.4 is 59.1 Å². The van der Waals surface area contributed by atoms with E-state index in [0.29, 0.717) is 0 Å². The van der Waals surface area contributed by atoms with Gasteiger partial charge in [-0.2, -0.15) is 0 Å². The van der Waals surface area contributed by atoms with Crippen molar-refractivity contribution in [2.75, 3.05) is 0 Å². The first kappa shape index (κ1) is 28.2. The third kappa shape index (κ3) is 8.48. The zero-order valence-electron chi connectivity index (χ0n) is 15.1. The molecule has 24 heavy (non-hydrogen) atoms. The average molecular weight is 381 g/mol. The van der Waals surface area contributed by atoms with Gasteiger partial charge < -0.3 is 22.9 Å². The van der Waals surface area contributed by atoms with Gasteiger partial charge in [-0.1, -0.05) is 18.2 Å². The van der Waals surface area contributed by atoms with Gasteiger partial charge in [0.15, 0.2) is 0 Å². The molecule has 0 saturated carbocycles. The first-order valence-electron chi connectivity index (χ1n) is 5.72. The minimum absolute atomic E-state index is 0. The van der Waals surface area contributed by atoms with E-state index in [1.165, 1.54) is 24.3 Å². The number of hydrogen-bond donors (Lipinski definition) is 3.